The topological polar surface area (TPSA) is 20.3 Å². The van der Waals surface area contributed by atoms with Crippen LogP contribution in [-0.4, -0.2) is 29.2 Å². The third kappa shape index (κ3) is 3.75. The zero-order valence-corrected chi connectivity index (χ0v) is 12.9. The second-order valence-corrected chi connectivity index (χ2v) is 6.44. The summed E-state index contributed by atoms with van der Waals surface area (Å²) in [6.07, 6.45) is 0. The van der Waals surface area contributed by atoms with Crippen molar-refractivity contribution in [3.63, 3.8) is 0 Å². The van der Waals surface area contributed by atoms with Gasteiger partial charge in [0.15, 0.2) is 0 Å². The highest BCUT2D eigenvalue weighted by Crippen LogP contribution is 2.22. The first-order valence-electron chi connectivity index (χ1n) is 4.76. The van der Waals surface area contributed by atoms with Gasteiger partial charge in [-0.25, -0.2) is 0 Å². The van der Waals surface area contributed by atoms with Crippen molar-refractivity contribution in [3.8, 4) is 0 Å². The summed E-state index contributed by atoms with van der Waals surface area (Å²) in [4.78, 5) is 14.0. The zero-order valence-electron chi connectivity index (χ0n) is 9.01. The van der Waals surface area contributed by atoms with Crippen LogP contribution in [0.1, 0.15) is 17.3 Å². The average molecular weight is 369 g/mol. The number of hydrogen-bond donors (Lipinski definition) is 0. The summed E-state index contributed by atoms with van der Waals surface area (Å²) in [6, 6.07) is 5.19. The quantitative estimate of drug-likeness (QED) is 0.739. The summed E-state index contributed by atoms with van der Waals surface area (Å²) in [7, 11) is 1.77. The summed E-state index contributed by atoms with van der Waals surface area (Å²) in [5, 5.41) is 0.562. The Labute approximate surface area is 117 Å². The summed E-state index contributed by atoms with van der Waals surface area (Å²) < 4.78 is 0.760. The standard InChI is InChI=1S/C11H12Br2ClNO/c1-7(12)6-15(2)11(16)9-5-8(14)3-4-10(9)13/h3-5,7H,6H2,1-2H3. The van der Waals surface area contributed by atoms with Gasteiger partial charge >= 0.3 is 0 Å². The maximum atomic E-state index is 12.1. The predicted octanol–water partition coefficient (Wildman–Crippen LogP) is 3.96. The number of nitrogens with zero attached hydrogens (tertiary/aromatic N) is 1. The van der Waals surface area contributed by atoms with Gasteiger partial charge in [-0.1, -0.05) is 34.5 Å². The lowest BCUT2D eigenvalue weighted by molar-refractivity contribution is 0.0796. The van der Waals surface area contributed by atoms with Gasteiger partial charge in [0.2, 0.25) is 0 Å². The van der Waals surface area contributed by atoms with E-state index >= 15 is 0 Å². The number of alkyl halides is 1. The molecule has 0 aliphatic carbocycles. The molecule has 0 aliphatic rings. The van der Waals surface area contributed by atoms with E-state index in [9.17, 15) is 4.79 Å². The average Bonchev–Trinajstić information content (AvgIpc) is 2.19. The van der Waals surface area contributed by atoms with Crippen LogP contribution in [0, 0.1) is 0 Å². The lowest BCUT2D eigenvalue weighted by atomic mass is 10.2. The second-order valence-electron chi connectivity index (χ2n) is 3.59. The van der Waals surface area contributed by atoms with E-state index in [2.05, 4.69) is 31.9 Å². The van der Waals surface area contributed by atoms with Crippen LogP contribution >= 0.6 is 43.5 Å². The molecular weight excluding hydrogens is 357 g/mol. The third-order valence-electron chi connectivity index (χ3n) is 2.03. The Bertz CT molecular complexity index is 396. The van der Waals surface area contributed by atoms with Crippen molar-refractivity contribution in [2.75, 3.05) is 13.6 Å². The zero-order chi connectivity index (χ0) is 12.3. The number of benzene rings is 1. The molecule has 0 spiro atoms. The van der Waals surface area contributed by atoms with Gasteiger partial charge in [-0.2, -0.15) is 0 Å². The van der Waals surface area contributed by atoms with Gasteiger partial charge in [0.1, 0.15) is 0 Å². The maximum absolute atomic E-state index is 12.1. The van der Waals surface area contributed by atoms with Crippen molar-refractivity contribution in [2.45, 2.75) is 11.8 Å². The summed E-state index contributed by atoms with van der Waals surface area (Å²) >= 11 is 12.6. The van der Waals surface area contributed by atoms with E-state index in [1.165, 1.54) is 0 Å². The molecule has 0 saturated carbocycles. The van der Waals surface area contributed by atoms with Crippen molar-refractivity contribution >= 4 is 49.4 Å². The van der Waals surface area contributed by atoms with Gasteiger partial charge in [0.05, 0.1) is 5.56 Å². The third-order valence-corrected chi connectivity index (χ3v) is 3.25. The van der Waals surface area contributed by atoms with E-state index in [0.717, 1.165) is 4.47 Å². The fourth-order valence-corrected chi connectivity index (χ4v) is 2.35. The van der Waals surface area contributed by atoms with Gasteiger partial charge in [0.25, 0.3) is 5.91 Å². The van der Waals surface area contributed by atoms with E-state index in [1.807, 2.05) is 6.92 Å². The minimum Gasteiger partial charge on any atom is -0.341 e. The number of rotatable bonds is 3. The van der Waals surface area contributed by atoms with E-state index in [4.69, 9.17) is 11.6 Å². The Balaban J connectivity index is 2.91. The molecule has 1 rings (SSSR count). The van der Waals surface area contributed by atoms with Crippen LogP contribution in [0.2, 0.25) is 5.02 Å². The molecule has 1 unspecified atom stereocenters. The summed E-state index contributed by atoms with van der Waals surface area (Å²) in [5.74, 6) is -0.0410. The highest BCUT2D eigenvalue weighted by molar-refractivity contribution is 9.10. The van der Waals surface area contributed by atoms with E-state index in [-0.39, 0.29) is 10.7 Å². The Morgan fingerprint density at radius 2 is 2.19 bits per heavy atom. The van der Waals surface area contributed by atoms with Crippen LogP contribution < -0.4 is 0 Å². The molecular formula is C11H12Br2ClNO. The first kappa shape index (κ1) is 14.0. The van der Waals surface area contributed by atoms with Crippen LogP contribution in [0.4, 0.5) is 0 Å². The first-order valence-corrected chi connectivity index (χ1v) is 6.85. The molecule has 0 N–H and O–H groups in total. The molecule has 1 amide bonds. The molecule has 2 nitrogen and oxygen atoms in total. The molecule has 0 fully saturated rings. The maximum Gasteiger partial charge on any atom is 0.254 e. The predicted molar refractivity (Wildman–Crippen MR) is 74.5 cm³/mol. The van der Waals surface area contributed by atoms with Crippen molar-refractivity contribution in [1.82, 2.24) is 4.90 Å². The number of hydrogen-bond acceptors (Lipinski definition) is 1. The lowest BCUT2D eigenvalue weighted by Crippen LogP contribution is -2.31. The van der Waals surface area contributed by atoms with Gasteiger partial charge in [-0.15, -0.1) is 0 Å². The molecule has 0 saturated heterocycles. The monoisotopic (exact) mass is 367 g/mol. The fraction of sp³-hybridized carbons (Fsp3) is 0.364. The Morgan fingerprint density at radius 1 is 1.56 bits per heavy atom. The normalized spacial score (nSPS) is 12.3. The Morgan fingerprint density at radius 3 is 2.75 bits per heavy atom. The van der Waals surface area contributed by atoms with Crippen LogP contribution in [-0.2, 0) is 0 Å². The second kappa shape index (κ2) is 6.03. The molecule has 1 atom stereocenters. The molecule has 0 heterocycles. The number of amides is 1. The van der Waals surface area contributed by atoms with Crippen LogP contribution in [0.25, 0.3) is 0 Å². The Kier molecular flexibility index (Phi) is 5.28. The van der Waals surface area contributed by atoms with Gasteiger partial charge in [-0.3, -0.25) is 4.79 Å². The van der Waals surface area contributed by atoms with E-state index < -0.39 is 0 Å². The van der Waals surface area contributed by atoms with Gasteiger partial charge < -0.3 is 4.90 Å². The SMILES string of the molecule is CC(Br)CN(C)C(=O)c1cc(Cl)ccc1Br. The molecule has 16 heavy (non-hydrogen) atoms. The van der Waals surface area contributed by atoms with Crippen molar-refractivity contribution in [1.29, 1.82) is 0 Å². The van der Waals surface area contributed by atoms with Gasteiger partial charge in [-0.05, 0) is 34.1 Å². The molecule has 0 aliphatic heterocycles. The van der Waals surface area contributed by atoms with Crippen LogP contribution in [0.5, 0.6) is 0 Å². The molecule has 0 radical (unpaired) electrons. The highest BCUT2D eigenvalue weighted by atomic mass is 79.9. The van der Waals surface area contributed by atoms with Crippen molar-refractivity contribution in [2.24, 2.45) is 0 Å². The van der Waals surface area contributed by atoms with Crippen molar-refractivity contribution < 1.29 is 4.79 Å². The highest BCUT2D eigenvalue weighted by Gasteiger charge is 2.16. The molecule has 1 aromatic carbocycles. The largest absolute Gasteiger partial charge is 0.341 e. The first-order chi connectivity index (χ1) is 7.41. The van der Waals surface area contributed by atoms with Gasteiger partial charge in [0, 0.05) is 27.9 Å². The fourth-order valence-electron chi connectivity index (χ4n) is 1.33. The van der Waals surface area contributed by atoms with Crippen molar-refractivity contribution in [3.05, 3.63) is 33.3 Å². The molecule has 0 bridgehead atoms. The number of carbonyl (C=O) groups excluding carboxylic acids is 1. The lowest BCUT2D eigenvalue weighted by Gasteiger charge is -2.19. The summed E-state index contributed by atoms with van der Waals surface area (Å²) in [5.41, 5.74) is 0.586. The summed E-state index contributed by atoms with van der Waals surface area (Å²) in [6.45, 7) is 2.65. The van der Waals surface area contributed by atoms with Crippen LogP contribution in [0.3, 0.4) is 0 Å². The van der Waals surface area contributed by atoms with E-state index in [1.54, 1.807) is 30.1 Å². The van der Waals surface area contributed by atoms with E-state index in [0.29, 0.717) is 17.1 Å². The number of carbonyl (C=O) groups is 1. The molecule has 1 aromatic rings. The Hall–Kier alpha value is -0.0600. The minimum atomic E-state index is -0.0410. The smallest absolute Gasteiger partial charge is 0.254 e. The minimum absolute atomic E-state index is 0.0410. The van der Waals surface area contributed by atoms with Crippen LogP contribution in [0.15, 0.2) is 22.7 Å². The number of halogens is 3. The molecule has 88 valence electrons. The molecule has 5 heteroatoms. The molecule has 0 aromatic heterocycles.